The van der Waals surface area contributed by atoms with E-state index in [0.717, 1.165) is 22.3 Å². The van der Waals surface area contributed by atoms with Gasteiger partial charge in [-0.2, -0.15) is 8.78 Å². The molecule has 0 saturated carbocycles. The summed E-state index contributed by atoms with van der Waals surface area (Å²) in [4.78, 5) is 12.3. The summed E-state index contributed by atoms with van der Waals surface area (Å²) < 4.78 is 39.7. The number of halogens is 2. The number of alkyl carbamates (subject to hydrolysis) is 1. The molecular weight excluding hydrogens is 460 g/mol. The van der Waals surface area contributed by atoms with Crippen molar-refractivity contribution in [3.8, 4) is 22.6 Å². The monoisotopic (exact) mass is 485 g/mol. The molecular formula is C26H25F2NO6. The molecule has 3 N–H and O–H groups in total. The van der Waals surface area contributed by atoms with Crippen molar-refractivity contribution in [2.24, 2.45) is 0 Å². The number of hydrogen-bond acceptors (Lipinski definition) is 6. The Morgan fingerprint density at radius 2 is 1.60 bits per heavy atom. The van der Waals surface area contributed by atoms with Gasteiger partial charge in [0.2, 0.25) is 0 Å². The molecule has 2 unspecified atom stereocenters. The van der Waals surface area contributed by atoms with E-state index in [1.165, 1.54) is 25.3 Å². The van der Waals surface area contributed by atoms with Crippen LogP contribution in [-0.2, 0) is 4.74 Å². The zero-order valence-electron chi connectivity index (χ0n) is 18.9. The van der Waals surface area contributed by atoms with Crippen molar-refractivity contribution in [2.75, 3.05) is 20.3 Å². The highest BCUT2D eigenvalue weighted by Crippen LogP contribution is 2.44. The lowest BCUT2D eigenvalue weighted by atomic mass is 9.98. The molecule has 7 nitrogen and oxygen atoms in total. The van der Waals surface area contributed by atoms with Gasteiger partial charge in [-0.15, -0.1) is 0 Å². The van der Waals surface area contributed by atoms with Gasteiger partial charge < -0.3 is 29.7 Å². The van der Waals surface area contributed by atoms with Crippen molar-refractivity contribution in [2.45, 2.75) is 24.7 Å². The standard InChI is InChI=1S/C26H25F2NO6/c1-33-23-12-15(10-11-22(23)35-25(27)28)24(31)21(30)13-29-26(32)34-14-20-18-8-4-2-6-16(18)17-7-3-5-9-19(17)20/h2-12,20-21,24-25,30-31H,13-14H2,1H3,(H,29,32). The van der Waals surface area contributed by atoms with Gasteiger partial charge in [-0.1, -0.05) is 54.6 Å². The number of amides is 1. The van der Waals surface area contributed by atoms with E-state index in [9.17, 15) is 23.8 Å². The Hall–Kier alpha value is -3.69. The van der Waals surface area contributed by atoms with Crippen LogP contribution in [0.25, 0.3) is 11.1 Å². The number of carbonyl (C=O) groups is 1. The number of hydrogen-bond donors (Lipinski definition) is 3. The zero-order valence-corrected chi connectivity index (χ0v) is 18.9. The summed E-state index contributed by atoms with van der Waals surface area (Å²) in [5.74, 6) is -0.339. The molecule has 4 rings (SSSR count). The predicted octanol–water partition coefficient (Wildman–Crippen LogP) is 4.23. The van der Waals surface area contributed by atoms with Crippen LogP contribution >= 0.6 is 0 Å². The maximum absolute atomic E-state index is 12.5. The number of nitrogens with one attached hydrogen (secondary N) is 1. The molecule has 0 spiro atoms. The first-order valence-corrected chi connectivity index (χ1v) is 11.0. The Morgan fingerprint density at radius 3 is 2.20 bits per heavy atom. The SMILES string of the molecule is COc1cc(C(O)C(O)CNC(=O)OCC2c3ccccc3-c3ccccc32)ccc1OC(F)F. The summed E-state index contributed by atoms with van der Waals surface area (Å²) in [5, 5.41) is 23.2. The number of benzene rings is 3. The minimum Gasteiger partial charge on any atom is -0.493 e. The molecule has 0 fully saturated rings. The minimum absolute atomic E-state index is 0.0291. The first-order chi connectivity index (χ1) is 16.9. The molecule has 0 aromatic heterocycles. The Kier molecular flexibility index (Phi) is 7.48. The number of aliphatic hydroxyl groups is 2. The summed E-state index contributed by atoms with van der Waals surface area (Å²) in [5.41, 5.74) is 4.56. The molecule has 0 saturated heterocycles. The maximum Gasteiger partial charge on any atom is 0.407 e. The quantitative estimate of drug-likeness (QED) is 0.420. The van der Waals surface area contributed by atoms with E-state index in [1.807, 2.05) is 48.5 Å². The topological polar surface area (TPSA) is 97.2 Å². The van der Waals surface area contributed by atoms with E-state index in [4.69, 9.17) is 9.47 Å². The lowest BCUT2D eigenvalue weighted by molar-refractivity contribution is -0.0513. The molecule has 35 heavy (non-hydrogen) atoms. The van der Waals surface area contributed by atoms with Crippen LogP contribution in [0.15, 0.2) is 66.7 Å². The molecule has 1 aliphatic carbocycles. The first-order valence-electron chi connectivity index (χ1n) is 11.0. The van der Waals surface area contributed by atoms with Crippen LogP contribution in [0, 0.1) is 0 Å². The van der Waals surface area contributed by atoms with Gasteiger partial charge in [0.25, 0.3) is 0 Å². The maximum atomic E-state index is 12.5. The van der Waals surface area contributed by atoms with Gasteiger partial charge in [0.1, 0.15) is 18.8 Å². The lowest BCUT2D eigenvalue weighted by Gasteiger charge is -2.20. The normalized spacial score (nSPS) is 14.1. The van der Waals surface area contributed by atoms with Gasteiger partial charge in [0.05, 0.1) is 7.11 Å². The van der Waals surface area contributed by atoms with Gasteiger partial charge >= 0.3 is 12.7 Å². The van der Waals surface area contributed by atoms with Crippen LogP contribution in [0.2, 0.25) is 0 Å². The fourth-order valence-electron chi connectivity index (χ4n) is 4.23. The fourth-order valence-corrected chi connectivity index (χ4v) is 4.23. The summed E-state index contributed by atoms with van der Waals surface area (Å²) in [6.45, 7) is -3.22. The average Bonchev–Trinajstić information content (AvgIpc) is 3.19. The molecule has 0 aliphatic heterocycles. The Morgan fingerprint density at radius 1 is 0.971 bits per heavy atom. The Balaban J connectivity index is 1.33. The van der Waals surface area contributed by atoms with E-state index >= 15 is 0 Å². The van der Waals surface area contributed by atoms with Gasteiger partial charge in [-0.3, -0.25) is 0 Å². The van der Waals surface area contributed by atoms with Crippen molar-refractivity contribution in [3.63, 3.8) is 0 Å². The van der Waals surface area contributed by atoms with Crippen molar-refractivity contribution in [1.29, 1.82) is 0 Å². The highest BCUT2D eigenvalue weighted by atomic mass is 19.3. The van der Waals surface area contributed by atoms with E-state index < -0.39 is 24.9 Å². The molecule has 9 heteroatoms. The second-order valence-corrected chi connectivity index (χ2v) is 8.01. The van der Waals surface area contributed by atoms with Crippen molar-refractivity contribution in [3.05, 3.63) is 83.4 Å². The minimum atomic E-state index is -3.04. The molecule has 3 aromatic rings. The average molecular weight is 485 g/mol. The Bertz CT molecular complexity index is 1140. The van der Waals surface area contributed by atoms with Crippen LogP contribution in [0.5, 0.6) is 11.5 Å². The van der Waals surface area contributed by atoms with Crippen LogP contribution in [-0.4, -0.2) is 49.3 Å². The van der Waals surface area contributed by atoms with E-state index in [-0.39, 0.29) is 36.1 Å². The molecule has 2 atom stereocenters. The molecule has 0 bridgehead atoms. The number of methoxy groups -OCH3 is 1. The van der Waals surface area contributed by atoms with Crippen LogP contribution in [0.3, 0.4) is 0 Å². The lowest BCUT2D eigenvalue weighted by Crippen LogP contribution is -2.36. The third kappa shape index (κ3) is 5.36. The van der Waals surface area contributed by atoms with Gasteiger partial charge in [0.15, 0.2) is 11.5 Å². The van der Waals surface area contributed by atoms with Gasteiger partial charge in [-0.25, -0.2) is 4.79 Å². The van der Waals surface area contributed by atoms with Crippen LogP contribution in [0.4, 0.5) is 13.6 Å². The van der Waals surface area contributed by atoms with Crippen LogP contribution in [0.1, 0.15) is 28.7 Å². The highest BCUT2D eigenvalue weighted by molar-refractivity contribution is 5.79. The van der Waals surface area contributed by atoms with E-state index in [1.54, 1.807) is 0 Å². The molecule has 1 aliphatic rings. The summed E-state index contributed by atoms with van der Waals surface area (Å²) in [6.07, 6.45) is -3.54. The van der Waals surface area contributed by atoms with Crippen molar-refractivity contribution in [1.82, 2.24) is 5.32 Å². The summed E-state index contributed by atoms with van der Waals surface area (Å²) >= 11 is 0. The molecule has 184 valence electrons. The van der Waals surface area contributed by atoms with Crippen LogP contribution < -0.4 is 14.8 Å². The number of alkyl halides is 2. The molecule has 0 radical (unpaired) electrons. The van der Waals surface area contributed by atoms with Gasteiger partial charge in [0, 0.05) is 12.5 Å². The zero-order chi connectivity index (χ0) is 24.9. The summed E-state index contributed by atoms with van der Waals surface area (Å²) in [6, 6.07) is 19.7. The number of ether oxygens (including phenoxy) is 3. The predicted molar refractivity (Wildman–Crippen MR) is 124 cm³/mol. The molecule has 0 heterocycles. The largest absolute Gasteiger partial charge is 0.493 e. The fraction of sp³-hybridized carbons (Fsp3) is 0.269. The third-order valence-electron chi connectivity index (χ3n) is 5.91. The Labute approximate surface area is 200 Å². The number of aliphatic hydroxyl groups excluding tert-OH is 2. The van der Waals surface area contributed by atoms with E-state index in [2.05, 4.69) is 10.1 Å². The van der Waals surface area contributed by atoms with Crippen molar-refractivity contribution >= 4 is 6.09 Å². The second-order valence-electron chi connectivity index (χ2n) is 8.01. The first kappa shape index (κ1) is 24.4. The van der Waals surface area contributed by atoms with Crippen molar-refractivity contribution < 1.29 is 38.0 Å². The molecule has 1 amide bonds. The van der Waals surface area contributed by atoms with Gasteiger partial charge in [-0.05, 0) is 39.9 Å². The highest BCUT2D eigenvalue weighted by Gasteiger charge is 2.29. The van der Waals surface area contributed by atoms with E-state index in [0.29, 0.717) is 0 Å². The third-order valence-corrected chi connectivity index (χ3v) is 5.91. The number of rotatable bonds is 9. The second kappa shape index (κ2) is 10.7. The number of carbonyl (C=O) groups excluding carboxylic acids is 1. The number of fused-ring (bicyclic) bond motifs is 3. The molecule has 3 aromatic carbocycles. The summed E-state index contributed by atoms with van der Waals surface area (Å²) in [7, 11) is 1.26. The smallest absolute Gasteiger partial charge is 0.407 e.